The molecule has 0 saturated carbocycles. The summed E-state index contributed by atoms with van der Waals surface area (Å²) in [6.07, 6.45) is 4.20. The molecule has 0 rings (SSSR count). The molecule has 120 valence electrons. The van der Waals surface area contributed by atoms with E-state index in [4.69, 9.17) is 15.8 Å². The van der Waals surface area contributed by atoms with Crippen molar-refractivity contribution in [1.29, 1.82) is 5.53 Å². The van der Waals surface area contributed by atoms with Gasteiger partial charge in [0.25, 0.3) is 0 Å². The summed E-state index contributed by atoms with van der Waals surface area (Å²) in [5.74, 6) is 0. The molecular weight excluding hydrogens is 268 g/mol. The maximum atomic E-state index is 8.29. The van der Waals surface area contributed by atoms with Crippen LogP contribution >= 0.6 is 0 Å². The molecule has 0 aromatic heterocycles. The van der Waals surface area contributed by atoms with Crippen LogP contribution < -0.4 is 5.32 Å². The highest BCUT2D eigenvalue weighted by atomic mass is 16.5. The first-order valence-electron chi connectivity index (χ1n) is 7.25. The van der Waals surface area contributed by atoms with Gasteiger partial charge in [-0.15, -0.1) is 0 Å². The lowest BCUT2D eigenvalue weighted by molar-refractivity contribution is -0.0438. The van der Waals surface area contributed by atoms with Crippen molar-refractivity contribution in [3.8, 4) is 0 Å². The zero-order valence-corrected chi connectivity index (χ0v) is 13.8. The highest BCUT2D eigenvalue weighted by Crippen LogP contribution is 2.18. The molecule has 0 aliphatic heterocycles. The Morgan fingerprint density at radius 1 is 1.38 bits per heavy atom. The molecule has 0 saturated heterocycles. The van der Waals surface area contributed by atoms with Gasteiger partial charge in [0, 0.05) is 17.7 Å². The molecule has 7 heteroatoms. The molecule has 0 heterocycles. The van der Waals surface area contributed by atoms with Crippen LogP contribution in [0, 0.1) is 5.53 Å². The van der Waals surface area contributed by atoms with E-state index in [0.717, 1.165) is 18.5 Å². The molecule has 0 amide bonds. The monoisotopic (exact) mass is 296 g/mol. The zero-order valence-electron chi connectivity index (χ0n) is 13.8. The molecule has 0 radical (unpaired) electrons. The summed E-state index contributed by atoms with van der Waals surface area (Å²) in [7, 11) is 0. The van der Waals surface area contributed by atoms with Crippen LogP contribution in [0.1, 0.15) is 53.9 Å². The first kappa shape index (κ1) is 19.4. The van der Waals surface area contributed by atoms with Gasteiger partial charge in [0.15, 0.2) is 0 Å². The van der Waals surface area contributed by atoms with Gasteiger partial charge in [-0.3, -0.25) is 0 Å². The van der Waals surface area contributed by atoms with E-state index >= 15 is 0 Å². The van der Waals surface area contributed by atoms with E-state index in [1.54, 1.807) is 6.20 Å². The second kappa shape index (κ2) is 9.37. The molecule has 0 aliphatic rings. The number of ether oxygens (including phenoxy) is 1. The van der Waals surface area contributed by atoms with Crippen LogP contribution in [0.3, 0.4) is 0 Å². The van der Waals surface area contributed by atoms with Crippen LogP contribution in [0.2, 0.25) is 0 Å². The molecule has 0 aromatic rings. The molecule has 21 heavy (non-hydrogen) atoms. The summed E-state index contributed by atoms with van der Waals surface area (Å²) in [5, 5.41) is 10.3. The van der Waals surface area contributed by atoms with E-state index in [1.165, 1.54) is 0 Å². The van der Waals surface area contributed by atoms with Crippen molar-refractivity contribution in [3.05, 3.63) is 22.3 Å². The van der Waals surface area contributed by atoms with Crippen molar-refractivity contribution < 1.29 is 4.74 Å². The minimum absolute atomic E-state index is 0.264. The number of allylic oxidation sites excluding steroid dienone is 1. The van der Waals surface area contributed by atoms with Crippen LogP contribution in [0.4, 0.5) is 0 Å². The van der Waals surface area contributed by atoms with Crippen LogP contribution in [0.5, 0.6) is 0 Å². The number of nitrogens with zero attached hydrogens (tertiary/aromatic N) is 4. The highest BCUT2D eigenvalue weighted by Gasteiger charge is 2.23. The Balaban J connectivity index is 4.39. The fraction of sp³-hybridized carbons (Fsp3) is 0.857. The molecule has 0 aliphatic carbocycles. The Labute approximate surface area is 127 Å². The minimum atomic E-state index is -0.344. The lowest BCUT2D eigenvalue weighted by Crippen LogP contribution is -2.43. The summed E-state index contributed by atoms with van der Waals surface area (Å²) in [6.45, 7) is 11.0. The smallest absolute Gasteiger partial charge is 0.0779 e. The Morgan fingerprint density at radius 2 is 2.05 bits per heavy atom. The quantitative estimate of drug-likeness (QED) is 0.332. The lowest BCUT2D eigenvalue weighted by Gasteiger charge is -2.32. The molecule has 2 N–H and O–H groups in total. The van der Waals surface area contributed by atoms with Crippen LogP contribution in [0.15, 0.2) is 22.1 Å². The van der Waals surface area contributed by atoms with E-state index in [0.29, 0.717) is 19.6 Å². The third kappa shape index (κ3) is 9.87. The van der Waals surface area contributed by atoms with Gasteiger partial charge in [0.1, 0.15) is 0 Å². The predicted octanol–water partition coefficient (Wildman–Crippen LogP) is 4.52. The van der Waals surface area contributed by atoms with Crippen molar-refractivity contribution in [3.63, 3.8) is 0 Å². The van der Waals surface area contributed by atoms with Gasteiger partial charge in [-0.05, 0) is 46.1 Å². The van der Waals surface area contributed by atoms with Gasteiger partial charge in [-0.1, -0.05) is 18.5 Å². The largest absolute Gasteiger partial charge is 0.382 e. The summed E-state index contributed by atoms with van der Waals surface area (Å²) < 4.78 is 5.91. The van der Waals surface area contributed by atoms with Crippen molar-refractivity contribution in [2.24, 2.45) is 10.2 Å². The minimum Gasteiger partial charge on any atom is -0.382 e. The highest BCUT2D eigenvalue weighted by molar-refractivity contribution is 4.99. The Kier molecular flexibility index (Phi) is 8.66. The summed E-state index contributed by atoms with van der Waals surface area (Å²) in [4.78, 5) is 2.74. The summed E-state index contributed by atoms with van der Waals surface area (Å²) in [6, 6.07) is 0. The molecule has 0 bridgehead atoms. The van der Waals surface area contributed by atoms with E-state index in [9.17, 15) is 0 Å². The van der Waals surface area contributed by atoms with Gasteiger partial charge in [-0.2, -0.15) is 5.11 Å². The number of rotatable bonds is 11. The molecular formula is C14H28N6O. The fourth-order valence-electron chi connectivity index (χ4n) is 1.55. The van der Waals surface area contributed by atoms with Crippen molar-refractivity contribution >= 4 is 0 Å². The van der Waals surface area contributed by atoms with Crippen molar-refractivity contribution in [2.45, 2.75) is 65.0 Å². The average Bonchev–Trinajstić information content (AvgIpc) is 2.42. The van der Waals surface area contributed by atoms with E-state index < -0.39 is 0 Å². The topological polar surface area (TPSA) is 106 Å². The molecule has 0 atom stereocenters. The second-order valence-corrected chi connectivity index (χ2v) is 6.28. The first-order chi connectivity index (χ1) is 9.76. The normalized spacial score (nSPS) is 12.7. The molecule has 0 fully saturated rings. The standard InChI is InChI=1S/C14H28N6O/c1-6-7-12(19-15)10-17-13(2,3)11-21-14(4,5)8-9-18-20-16/h10,15,17H,6-9,11H2,1-5H3/b12-10-,19-15?. The van der Waals surface area contributed by atoms with Gasteiger partial charge in [-0.25, -0.2) is 5.53 Å². The molecule has 0 unspecified atom stereocenters. The number of azide groups is 1. The van der Waals surface area contributed by atoms with E-state index in [1.807, 2.05) is 27.7 Å². The fourth-order valence-corrected chi connectivity index (χ4v) is 1.55. The SMILES string of the molecule is CCC/C(=C/NC(C)(C)COC(C)(C)CCN=[N+]=[N-])N=N. The van der Waals surface area contributed by atoms with Crippen molar-refractivity contribution in [1.82, 2.24) is 5.32 Å². The van der Waals surface area contributed by atoms with Gasteiger partial charge in [0.05, 0.1) is 23.4 Å². The first-order valence-corrected chi connectivity index (χ1v) is 7.25. The Bertz CT molecular complexity index is 396. The molecule has 0 aromatic carbocycles. The zero-order chi connectivity index (χ0) is 16.4. The van der Waals surface area contributed by atoms with Crippen LogP contribution in [0.25, 0.3) is 10.4 Å². The Hall–Kier alpha value is -1.59. The predicted molar refractivity (Wildman–Crippen MR) is 84.0 cm³/mol. The number of nitrogens with one attached hydrogen (secondary N) is 2. The second-order valence-electron chi connectivity index (χ2n) is 6.28. The number of hydrogen-bond acceptors (Lipinski definition) is 5. The summed E-state index contributed by atoms with van der Waals surface area (Å²) in [5.41, 5.74) is 15.5. The maximum absolute atomic E-state index is 8.29. The molecule has 0 spiro atoms. The van der Waals surface area contributed by atoms with E-state index in [-0.39, 0.29) is 11.1 Å². The van der Waals surface area contributed by atoms with Gasteiger partial charge >= 0.3 is 0 Å². The van der Waals surface area contributed by atoms with Gasteiger partial charge in [0.2, 0.25) is 0 Å². The Morgan fingerprint density at radius 3 is 2.57 bits per heavy atom. The molecule has 7 nitrogen and oxygen atoms in total. The number of hydrogen-bond donors (Lipinski definition) is 2. The van der Waals surface area contributed by atoms with Crippen molar-refractivity contribution in [2.75, 3.05) is 13.2 Å². The maximum Gasteiger partial charge on any atom is 0.0779 e. The van der Waals surface area contributed by atoms with Crippen LogP contribution in [-0.2, 0) is 4.74 Å². The third-order valence-corrected chi connectivity index (χ3v) is 2.98. The lowest BCUT2D eigenvalue weighted by atomic mass is 10.0. The summed E-state index contributed by atoms with van der Waals surface area (Å²) >= 11 is 0. The van der Waals surface area contributed by atoms with Gasteiger partial charge < -0.3 is 10.1 Å². The van der Waals surface area contributed by atoms with Crippen LogP contribution in [-0.4, -0.2) is 24.3 Å². The van der Waals surface area contributed by atoms with E-state index in [2.05, 4.69) is 27.4 Å². The average molecular weight is 296 g/mol. The third-order valence-electron chi connectivity index (χ3n) is 2.98.